The molecule has 1 aromatic rings. The van der Waals surface area contributed by atoms with Crippen LogP contribution in [-0.4, -0.2) is 24.4 Å². The van der Waals surface area contributed by atoms with E-state index in [2.05, 4.69) is 5.32 Å². The molecule has 3 N–H and O–H groups in total. The lowest BCUT2D eigenvalue weighted by Gasteiger charge is -2.17. The summed E-state index contributed by atoms with van der Waals surface area (Å²) < 4.78 is 0. The molecule has 0 saturated carbocycles. The van der Waals surface area contributed by atoms with Crippen molar-refractivity contribution >= 4 is 23.2 Å². The standard InChI is InChI=1S/C15H21N3O2/c1-9(2)14(16)15(20)17-12-4-5-13-11(8-12)6-7-18(13)10(3)19/h4-5,8-9,14H,6-7,16H2,1-3H3,(H,17,20)/t14-/m0/s1. The van der Waals surface area contributed by atoms with E-state index in [1.165, 1.54) is 0 Å². The maximum Gasteiger partial charge on any atom is 0.241 e. The van der Waals surface area contributed by atoms with Gasteiger partial charge in [-0.1, -0.05) is 13.8 Å². The maximum atomic E-state index is 11.9. The number of rotatable bonds is 3. The van der Waals surface area contributed by atoms with Crippen LogP contribution >= 0.6 is 0 Å². The molecule has 1 aliphatic heterocycles. The first-order valence-corrected chi connectivity index (χ1v) is 6.87. The number of carbonyl (C=O) groups excluding carboxylic acids is 2. The number of nitrogens with zero attached hydrogens (tertiary/aromatic N) is 1. The first kappa shape index (κ1) is 14.5. The van der Waals surface area contributed by atoms with Gasteiger partial charge in [0.2, 0.25) is 11.8 Å². The fourth-order valence-corrected chi connectivity index (χ4v) is 2.33. The summed E-state index contributed by atoms with van der Waals surface area (Å²) in [6, 6.07) is 5.09. The monoisotopic (exact) mass is 275 g/mol. The van der Waals surface area contributed by atoms with E-state index in [1.807, 2.05) is 32.0 Å². The third-order valence-corrected chi connectivity index (χ3v) is 3.64. The molecule has 0 aromatic heterocycles. The summed E-state index contributed by atoms with van der Waals surface area (Å²) in [5.41, 5.74) is 8.56. The van der Waals surface area contributed by atoms with Crippen LogP contribution in [0, 0.1) is 5.92 Å². The van der Waals surface area contributed by atoms with E-state index in [9.17, 15) is 9.59 Å². The minimum absolute atomic E-state index is 0.0439. The van der Waals surface area contributed by atoms with Crippen LogP contribution in [-0.2, 0) is 16.0 Å². The molecule has 2 amide bonds. The van der Waals surface area contributed by atoms with E-state index in [4.69, 9.17) is 5.73 Å². The van der Waals surface area contributed by atoms with Gasteiger partial charge in [-0.25, -0.2) is 0 Å². The van der Waals surface area contributed by atoms with Gasteiger partial charge in [-0.15, -0.1) is 0 Å². The van der Waals surface area contributed by atoms with Crippen LogP contribution in [0.15, 0.2) is 18.2 Å². The summed E-state index contributed by atoms with van der Waals surface area (Å²) in [6.07, 6.45) is 0.814. The molecule has 2 rings (SSSR count). The Labute approximate surface area is 119 Å². The SMILES string of the molecule is CC(=O)N1CCc2cc(NC(=O)[C@@H](N)C(C)C)ccc21. The lowest BCUT2D eigenvalue weighted by atomic mass is 10.0. The molecule has 0 spiro atoms. The number of carbonyl (C=O) groups is 2. The second-order valence-corrected chi connectivity index (χ2v) is 5.52. The minimum atomic E-state index is -0.517. The molecule has 0 saturated heterocycles. The molecule has 0 bridgehead atoms. The van der Waals surface area contributed by atoms with Gasteiger partial charge in [0.1, 0.15) is 0 Å². The van der Waals surface area contributed by atoms with Gasteiger partial charge in [-0.05, 0) is 36.1 Å². The van der Waals surface area contributed by atoms with Crippen molar-refractivity contribution in [3.8, 4) is 0 Å². The predicted molar refractivity (Wildman–Crippen MR) is 79.6 cm³/mol. The number of nitrogens with two attached hydrogens (primary N) is 1. The van der Waals surface area contributed by atoms with Gasteiger partial charge in [0, 0.05) is 24.8 Å². The van der Waals surface area contributed by atoms with Gasteiger partial charge in [-0.2, -0.15) is 0 Å². The number of nitrogens with one attached hydrogen (secondary N) is 1. The van der Waals surface area contributed by atoms with E-state index >= 15 is 0 Å². The molecular formula is C15H21N3O2. The Morgan fingerprint density at radius 3 is 2.65 bits per heavy atom. The molecule has 0 aliphatic carbocycles. The van der Waals surface area contributed by atoms with Gasteiger partial charge in [-0.3, -0.25) is 9.59 Å². The van der Waals surface area contributed by atoms with Crippen molar-refractivity contribution in [2.75, 3.05) is 16.8 Å². The zero-order chi connectivity index (χ0) is 14.9. The van der Waals surface area contributed by atoms with Crippen molar-refractivity contribution in [1.29, 1.82) is 0 Å². The number of anilines is 2. The average Bonchev–Trinajstić information content (AvgIpc) is 2.80. The topological polar surface area (TPSA) is 75.4 Å². The fraction of sp³-hybridized carbons (Fsp3) is 0.467. The molecule has 1 aliphatic rings. The Hall–Kier alpha value is -1.88. The molecule has 0 unspecified atom stereocenters. The second-order valence-electron chi connectivity index (χ2n) is 5.52. The normalized spacial score (nSPS) is 15.2. The van der Waals surface area contributed by atoms with Crippen molar-refractivity contribution in [2.45, 2.75) is 33.2 Å². The molecule has 1 aromatic carbocycles. The average molecular weight is 275 g/mol. The molecule has 0 radical (unpaired) electrons. The van der Waals surface area contributed by atoms with E-state index in [1.54, 1.807) is 11.8 Å². The van der Waals surface area contributed by atoms with Gasteiger partial charge >= 0.3 is 0 Å². The molecule has 0 fully saturated rings. The van der Waals surface area contributed by atoms with Crippen LogP contribution in [0.5, 0.6) is 0 Å². The van der Waals surface area contributed by atoms with Crippen LogP contribution in [0.25, 0.3) is 0 Å². The third kappa shape index (κ3) is 2.82. The Morgan fingerprint density at radius 2 is 2.05 bits per heavy atom. The third-order valence-electron chi connectivity index (χ3n) is 3.64. The quantitative estimate of drug-likeness (QED) is 0.878. The van der Waals surface area contributed by atoms with Crippen LogP contribution < -0.4 is 16.0 Å². The highest BCUT2D eigenvalue weighted by atomic mass is 16.2. The van der Waals surface area contributed by atoms with Crippen LogP contribution in [0.1, 0.15) is 26.3 Å². The van der Waals surface area contributed by atoms with Crippen molar-refractivity contribution in [3.63, 3.8) is 0 Å². The van der Waals surface area contributed by atoms with Crippen molar-refractivity contribution < 1.29 is 9.59 Å². The highest BCUT2D eigenvalue weighted by Crippen LogP contribution is 2.30. The van der Waals surface area contributed by atoms with E-state index in [-0.39, 0.29) is 17.7 Å². The fourth-order valence-electron chi connectivity index (χ4n) is 2.33. The van der Waals surface area contributed by atoms with Crippen molar-refractivity contribution in [1.82, 2.24) is 0 Å². The summed E-state index contributed by atoms with van der Waals surface area (Å²) >= 11 is 0. The lowest BCUT2D eigenvalue weighted by molar-refractivity contribution is -0.118. The van der Waals surface area contributed by atoms with Gasteiger partial charge in [0.15, 0.2) is 0 Å². The van der Waals surface area contributed by atoms with Crippen LogP contribution in [0.2, 0.25) is 0 Å². The number of benzene rings is 1. The van der Waals surface area contributed by atoms with Crippen LogP contribution in [0.3, 0.4) is 0 Å². The number of amides is 2. The Balaban J connectivity index is 2.13. The summed E-state index contributed by atoms with van der Waals surface area (Å²) in [5.74, 6) is -0.0404. The molecule has 5 heteroatoms. The van der Waals surface area contributed by atoms with Gasteiger partial charge in [0.05, 0.1) is 6.04 Å². The second kappa shape index (κ2) is 5.63. The molecule has 108 valence electrons. The molecule has 5 nitrogen and oxygen atoms in total. The van der Waals surface area contributed by atoms with Crippen LogP contribution in [0.4, 0.5) is 11.4 Å². The number of fused-ring (bicyclic) bond motifs is 1. The summed E-state index contributed by atoms with van der Waals surface area (Å²) in [4.78, 5) is 25.2. The van der Waals surface area contributed by atoms with E-state index in [0.29, 0.717) is 6.54 Å². The molecule has 20 heavy (non-hydrogen) atoms. The van der Waals surface area contributed by atoms with E-state index in [0.717, 1.165) is 23.4 Å². The number of hydrogen-bond donors (Lipinski definition) is 2. The molecular weight excluding hydrogens is 254 g/mol. The largest absolute Gasteiger partial charge is 0.325 e. The lowest BCUT2D eigenvalue weighted by Crippen LogP contribution is -2.39. The highest BCUT2D eigenvalue weighted by Gasteiger charge is 2.23. The summed E-state index contributed by atoms with van der Waals surface area (Å²) in [7, 11) is 0. The van der Waals surface area contributed by atoms with Gasteiger partial charge in [0.25, 0.3) is 0 Å². The first-order valence-electron chi connectivity index (χ1n) is 6.87. The zero-order valence-electron chi connectivity index (χ0n) is 12.1. The first-order chi connectivity index (χ1) is 9.40. The maximum absolute atomic E-state index is 11.9. The Kier molecular flexibility index (Phi) is 4.09. The van der Waals surface area contributed by atoms with Gasteiger partial charge < -0.3 is 16.0 Å². The van der Waals surface area contributed by atoms with Crippen molar-refractivity contribution in [3.05, 3.63) is 23.8 Å². The summed E-state index contributed by atoms with van der Waals surface area (Å²) in [5, 5.41) is 2.83. The predicted octanol–water partition coefficient (Wildman–Crippen LogP) is 1.52. The van der Waals surface area contributed by atoms with Crippen molar-refractivity contribution in [2.24, 2.45) is 11.7 Å². The smallest absolute Gasteiger partial charge is 0.241 e. The Morgan fingerprint density at radius 1 is 1.35 bits per heavy atom. The minimum Gasteiger partial charge on any atom is -0.325 e. The zero-order valence-corrected chi connectivity index (χ0v) is 12.1. The summed E-state index contributed by atoms with van der Waals surface area (Å²) in [6.45, 7) is 6.09. The van der Waals surface area contributed by atoms with E-state index < -0.39 is 6.04 Å². The Bertz CT molecular complexity index is 540. The molecule has 1 atom stereocenters. The molecule has 1 heterocycles. The number of hydrogen-bond acceptors (Lipinski definition) is 3. The highest BCUT2D eigenvalue weighted by molar-refractivity contribution is 5.97.